The number of hydrogen-bond acceptors (Lipinski definition) is 2. The van der Waals surface area contributed by atoms with E-state index in [0.717, 1.165) is 11.3 Å². The molecule has 1 aliphatic heterocycles. The van der Waals surface area contributed by atoms with Crippen LogP contribution in [0.1, 0.15) is 5.56 Å². The summed E-state index contributed by atoms with van der Waals surface area (Å²) in [7, 11) is 0. The third-order valence-corrected chi connectivity index (χ3v) is 3.59. The lowest BCUT2D eigenvalue weighted by molar-refractivity contribution is -0.123. The first-order valence-corrected chi connectivity index (χ1v) is 6.92. The Bertz CT molecular complexity index is 660. The standard InChI is InChI=1S/C15H11Cl2NO2/c16-11-5-3-4-10(8-11)9-18-12-6-1-2-7-13(12)20-14(17)15(18)19/h1-8,14H,9H2. The van der Waals surface area contributed by atoms with Crippen molar-refractivity contribution in [3.05, 3.63) is 59.1 Å². The molecule has 1 aliphatic rings. The molecule has 0 N–H and O–H groups in total. The number of hydrogen-bond donors (Lipinski definition) is 0. The van der Waals surface area contributed by atoms with Crippen molar-refractivity contribution in [2.75, 3.05) is 4.90 Å². The molecule has 1 heterocycles. The highest BCUT2D eigenvalue weighted by atomic mass is 35.5. The number of amides is 1. The summed E-state index contributed by atoms with van der Waals surface area (Å²) in [4.78, 5) is 13.8. The van der Waals surface area contributed by atoms with Crippen LogP contribution >= 0.6 is 23.2 Å². The average molecular weight is 308 g/mol. The van der Waals surface area contributed by atoms with E-state index < -0.39 is 5.56 Å². The molecule has 2 aromatic carbocycles. The van der Waals surface area contributed by atoms with Crippen LogP contribution in [-0.4, -0.2) is 11.5 Å². The topological polar surface area (TPSA) is 29.5 Å². The Hall–Kier alpha value is -1.71. The van der Waals surface area contributed by atoms with E-state index in [1.54, 1.807) is 17.0 Å². The van der Waals surface area contributed by atoms with E-state index in [2.05, 4.69) is 0 Å². The molecule has 0 saturated heterocycles. The molecule has 0 fully saturated rings. The van der Waals surface area contributed by atoms with Gasteiger partial charge in [-0.3, -0.25) is 4.79 Å². The number of benzene rings is 2. The van der Waals surface area contributed by atoms with Crippen molar-refractivity contribution in [3.63, 3.8) is 0 Å². The first-order valence-electron chi connectivity index (χ1n) is 6.11. The van der Waals surface area contributed by atoms with Crippen LogP contribution in [0.5, 0.6) is 5.75 Å². The maximum Gasteiger partial charge on any atom is 0.284 e. The minimum atomic E-state index is -0.996. The van der Waals surface area contributed by atoms with Crippen LogP contribution in [0, 0.1) is 0 Å². The molecule has 5 heteroatoms. The quantitative estimate of drug-likeness (QED) is 0.789. The Morgan fingerprint density at radius 1 is 1.15 bits per heavy atom. The molecule has 3 nitrogen and oxygen atoms in total. The van der Waals surface area contributed by atoms with Crippen molar-refractivity contribution in [2.24, 2.45) is 0 Å². The minimum absolute atomic E-state index is 0.273. The van der Waals surface area contributed by atoms with Gasteiger partial charge in [0.2, 0.25) is 0 Å². The molecule has 102 valence electrons. The lowest BCUT2D eigenvalue weighted by Crippen LogP contribution is -2.42. The zero-order chi connectivity index (χ0) is 14.1. The number of carbonyl (C=O) groups is 1. The van der Waals surface area contributed by atoms with E-state index in [1.165, 1.54) is 0 Å². The highest BCUT2D eigenvalue weighted by molar-refractivity contribution is 6.32. The van der Waals surface area contributed by atoms with Gasteiger partial charge in [0.25, 0.3) is 11.5 Å². The fourth-order valence-corrected chi connectivity index (χ4v) is 2.59. The number of nitrogens with zero attached hydrogens (tertiary/aromatic N) is 1. The Morgan fingerprint density at radius 3 is 2.75 bits per heavy atom. The van der Waals surface area contributed by atoms with Crippen LogP contribution in [0.25, 0.3) is 0 Å². The molecule has 0 aliphatic carbocycles. The summed E-state index contributed by atoms with van der Waals surface area (Å²) in [6, 6.07) is 14.7. The summed E-state index contributed by atoms with van der Waals surface area (Å²) < 4.78 is 5.38. The zero-order valence-electron chi connectivity index (χ0n) is 10.4. The Balaban J connectivity index is 1.97. The minimum Gasteiger partial charge on any atom is -0.463 e. The number of halogens is 2. The third-order valence-electron chi connectivity index (χ3n) is 3.08. The molecule has 2 aromatic rings. The lowest BCUT2D eigenvalue weighted by Gasteiger charge is -2.31. The van der Waals surface area contributed by atoms with Crippen LogP contribution in [0.15, 0.2) is 48.5 Å². The van der Waals surface area contributed by atoms with Gasteiger partial charge in [0, 0.05) is 5.02 Å². The van der Waals surface area contributed by atoms with E-state index in [0.29, 0.717) is 17.3 Å². The Morgan fingerprint density at radius 2 is 1.95 bits per heavy atom. The molecule has 0 bridgehead atoms. The normalized spacial score (nSPS) is 17.6. The number of anilines is 1. The molecule has 0 saturated carbocycles. The number of alkyl halides is 1. The van der Waals surface area contributed by atoms with Crippen molar-refractivity contribution >= 4 is 34.8 Å². The molecule has 0 radical (unpaired) electrons. The molecule has 1 unspecified atom stereocenters. The van der Waals surface area contributed by atoms with Crippen LogP contribution in [-0.2, 0) is 11.3 Å². The summed E-state index contributed by atoms with van der Waals surface area (Å²) in [5, 5.41) is 0.638. The molecule has 0 aromatic heterocycles. The lowest BCUT2D eigenvalue weighted by atomic mass is 10.1. The fraction of sp³-hybridized carbons (Fsp3) is 0.133. The van der Waals surface area contributed by atoms with E-state index >= 15 is 0 Å². The van der Waals surface area contributed by atoms with Gasteiger partial charge in [-0.1, -0.05) is 47.5 Å². The monoisotopic (exact) mass is 307 g/mol. The number of ether oxygens (including phenoxy) is 1. The Labute approximate surface area is 126 Å². The number of para-hydroxylation sites is 2. The summed E-state index contributed by atoms with van der Waals surface area (Å²) in [5.74, 6) is 0.333. The highest BCUT2D eigenvalue weighted by Gasteiger charge is 2.32. The summed E-state index contributed by atoms with van der Waals surface area (Å²) in [6.45, 7) is 0.406. The van der Waals surface area contributed by atoms with Gasteiger partial charge in [-0.2, -0.15) is 0 Å². The van der Waals surface area contributed by atoms with E-state index in [4.69, 9.17) is 27.9 Å². The second kappa shape index (κ2) is 5.35. The molecule has 3 rings (SSSR count). The molecular formula is C15H11Cl2NO2. The smallest absolute Gasteiger partial charge is 0.284 e. The van der Waals surface area contributed by atoms with Crippen LogP contribution < -0.4 is 9.64 Å². The molecular weight excluding hydrogens is 297 g/mol. The van der Waals surface area contributed by atoms with Crippen molar-refractivity contribution in [3.8, 4) is 5.75 Å². The first-order chi connectivity index (χ1) is 9.65. The Kier molecular flexibility index (Phi) is 3.55. The number of rotatable bonds is 2. The predicted molar refractivity (Wildman–Crippen MR) is 79.4 cm³/mol. The molecule has 1 atom stereocenters. The van der Waals surface area contributed by atoms with Gasteiger partial charge < -0.3 is 9.64 Å². The largest absolute Gasteiger partial charge is 0.463 e. The highest BCUT2D eigenvalue weighted by Crippen LogP contribution is 2.35. The zero-order valence-corrected chi connectivity index (χ0v) is 11.9. The molecule has 1 amide bonds. The predicted octanol–water partition coefficient (Wildman–Crippen LogP) is 3.83. The van der Waals surface area contributed by atoms with Crippen molar-refractivity contribution in [1.29, 1.82) is 0 Å². The summed E-state index contributed by atoms with van der Waals surface area (Å²) in [5.41, 5.74) is 0.657. The van der Waals surface area contributed by atoms with Crippen LogP contribution in [0.4, 0.5) is 5.69 Å². The van der Waals surface area contributed by atoms with Gasteiger partial charge in [0.1, 0.15) is 5.75 Å². The van der Waals surface area contributed by atoms with Gasteiger partial charge in [0.05, 0.1) is 12.2 Å². The van der Waals surface area contributed by atoms with Crippen LogP contribution in [0.2, 0.25) is 5.02 Å². The summed E-state index contributed by atoms with van der Waals surface area (Å²) >= 11 is 11.9. The van der Waals surface area contributed by atoms with Gasteiger partial charge in [-0.15, -0.1) is 0 Å². The van der Waals surface area contributed by atoms with E-state index in [-0.39, 0.29) is 5.91 Å². The second-order valence-electron chi connectivity index (χ2n) is 4.46. The van der Waals surface area contributed by atoms with Crippen molar-refractivity contribution in [1.82, 2.24) is 0 Å². The van der Waals surface area contributed by atoms with Crippen LogP contribution in [0.3, 0.4) is 0 Å². The number of fused-ring (bicyclic) bond motifs is 1. The van der Waals surface area contributed by atoms with Gasteiger partial charge in [-0.25, -0.2) is 0 Å². The van der Waals surface area contributed by atoms with Gasteiger partial charge >= 0.3 is 0 Å². The second-order valence-corrected chi connectivity index (χ2v) is 5.29. The summed E-state index contributed by atoms with van der Waals surface area (Å²) in [6.07, 6.45) is 0. The van der Waals surface area contributed by atoms with Gasteiger partial charge in [0.15, 0.2) is 0 Å². The first kappa shape index (κ1) is 13.3. The molecule has 0 spiro atoms. The maximum absolute atomic E-state index is 12.2. The van der Waals surface area contributed by atoms with E-state index in [1.807, 2.05) is 36.4 Å². The molecule has 20 heavy (non-hydrogen) atoms. The fourth-order valence-electron chi connectivity index (χ4n) is 2.16. The van der Waals surface area contributed by atoms with Crippen molar-refractivity contribution in [2.45, 2.75) is 12.1 Å². The van der Waals surface area contributed by atoms with Gasteiger partial charge in [-0.05, 0) is 29.8 Å². The maximum atomic E-state index is 12.2. The van der Waals surface area contributed by atoms with Crippen molar-refractivity contribution < 1.29 is 9.53 Å². The SMILES string of the molecule is O=C1C(Cl)Oc2ccccc2N1Cc1cccc(Cl)c1. The number of carbonyl (C=O) groups excluding carboxylic acids is 1. The van der Waals surface area contributed by atoms with E-state index in [9.17, 15) is 4.79 Å². The average Bonchev–Trinajstić information content (AvgIpc) is 2.44. The third kappa shape index (κ3) is 2.47.